The Balaban J connectivity index is 2.14. The fraction of sp³-hybridized carbons (Fsp3) is 0.111. The summed E-state index contributed by atoms with van der Waals surface area (Å²) in [5.41, 5.74) is 2.65. The molecule has 3 rings (SSSR count). The first-order valence-electron chi connectivity index (χ1n) is 7.03. The van der Waals surface area contributed by atoms with Gasteiger partial charge in [-0.2, -0.15) is 0 Å². The third-order valence-electron chi connectivity index (χ3n) is 3.45. The van der Waals surface area contributed by atoms with Crippen molar-refractivity contribution in [1.29, 1.82) is 0 Å². The quantitative estimate of drug-likeness (QED) is 0.730. The molecule has 0 aliphatic rings. The zero-order valence-electron chi connectivity index (χ0n) is 12.5. The van der Waals surface area contributed by atoms with Crippen LogP contribution >= 0.6 is 0 Å². The van der Waals surface area contributed by atoms with Crippen LogP contribution in [0.3, 0.4) is 0 Å². The van der Waals surface area contributed by atoms with E-state index in [0.717, 1.165) is 22.0 Å². The molecule has 0 aliphatic carbocycles. The molecular weight excluding hydrogens is 294 g/mol. The second-order valence-electron chi connectivity index (χ2n) is 4.99. The van der Waals surface area contributed by atoms with Crippen molar-refractivity contribution in [2.24, 2.45) is 0 Å². The molecule has 0 spiro atoms. The smallest absolute Gasteiger partial charge is 0.335 e. The van der Waals surface area contributed by atoms with Gasteiger partial charge in [0.2, 0.25) is 0 Å². The van der Waals surface area contributed by atoms with Crippen LogP contribution in [0.25, 0.3) is 22.0 Å². The summed E-state index contributed by atoms with van der Waals surface area (Å²) in [6.07, 6.45) is 1.70. The van der Waals surface area contributed by atoms with Crippen molar-refractivity contribution in [1.82, 2.24) is 4.98 Å². The Morgan fingerprint density at radius 2 is 2.00 bits per heavy atom. The van der Waals surface area contributed by atoms with Gasteiger partial charge in [-0.1, -0.05) is 18.2 Å². The molecule has 0 fully saturated rings. The molecule has 0 radical (unpaired) electrons. The summed E-state index contributed by atoms with van der Waals surface area (Å²) in [5.74, 6) is -0.356. The van der Waals surface area contributed by atoms with Gasteiger partial charge in [0.05, 0.1) is 5.56 Å². The van der Waals surface area contributed by atoms with Crippen molar-refractivity contribution in [2.75, 3.05) is 13.9 Å². The lowest BCUT2D eigenvalue weighted by molar-refractivity contribution is 0.0521. The predicted octanol–water partition coefficient (Wildman–Crippen LogP) is 3.58. The summed E-state index contributed by atoms with van der Waals surface area (Å²) in [6, 6.07) is 14.4. The molecule has 3 aromatic rings. The van der Waals surface area contributed by atoms with Crippen LogP contribution in [-0.2, 0) is 4.74 Å². The normalized spacial score (nSPS) is 10.7. The molecule has 1 heterocycles. The molecular formula is C18H15NO4. The molecule has 5 heteroatoms. The average Bonchev–Trinajstić information content (AvgIpc) is 2.59. The zero-order valence-corrected chi connectivity index (χ0v) is 12.5. The third kappa shape index (κ3) is 3.14. The molecule has 0 saturated carbocycles. The van der Waals surface area contributed by atoms with Gasteiger partial charge in [-0.25, -0.2) is 4.79 Å². The van der Waals surface area contributed by atoms with E-state index in [-0.39, 0.29) is 12.4 Å². The van der Waals surface area contributed by atoms with Crippen molar-refractivity contribution in [3.05, 3.63) is 60.3 Å². The number of carboxylic acid groups (broad SMARTS) is 1. The van der Waals surface area contributed by atoms with Crippen LogP contribution in [0.5, 0.6) is 5.75 Å². The molecule has 1 aromatic heterocycles. The first-order valence-corrected chi connectivity index (χ1v) is 7.03. The van der Waals surface area contributed by atoms with Crippen LogP contribution in [-0.4, -0.2) is 30.0 Å². The van der Waals surface area contributed by atoms with Gasteiger partial charge in [-0.05, 0) is 41.5 Å². The van der Waals surface area contributed by atoms with Crippen LogP contribution < -0.4 is 4.74 Å². The minimum atomic E-state index is -0.954. The number of hydrogen-bond donors (Lipinski definition) is 1. The predicted molar refractivity (Wildman–Crippen MR) is 86.6 cm³/mol. The van der Waals surface area contributed by atoms with Gasteiger partial charge in [-0.15, -0.1) is 0 Å². The molecule has 116 valence electrons. The summed E-state index contributed by atoms with van der Waals surface area (Å²) in [4.78, 5) is 15.5. The Morgan fingerprint density at radius 1 is 1.13 bits per heavy atom. The van der Waals surface area contributed by atoms with Gasteiger partial charge < -0.3 is 14.6 Å². The van der Waals surface area contributed by atoms with Crippen LogP contribution in [0.15, 0.2) is 54.7 Å². The molecule has 0 saturated heterocycles. The molecule has 5 nitrogen and oxygen atoms in total. The number of fused-ring (bicyclic) bond motifs is 1. The molecule has 23 heavy (non-hydrogen) atoms. The monoisotopic (exact) mass is 309 g/mol. The number of pyridine rings is 1. The van der Waals surface area contributed by atoms with Gasteiger partial charge in [0.25, 0.3) is 0 Å². The maximum atomic E-state index is 11.2. The summed E-state index contributed by atoms with van der Waals surface area (Å²) < 4.78 is 10.6. The maximum Gasteiger partial charge on any atom is 0.335 e. The van der Waals surface area contributed by atoms with Crippen LogP contribution in [0.2, 0.25) is 0 Å². The lowest BCUT2D eigenvalue weighted by Gasteiger charge is -2.11. The average molecular weight is 309 g/mol. The topological polar surface area (TPSA) is 68.7 Å². The van der Waals surface area contributed by atoms with Crippen molar-refractivity contribution >= 4 is 16.9 Å². The molecule has 0 aliphatic heterocycles. The standard InChI is InChI=1S/C18H15NO4/c1-22-11-23-16-10-15(9-13-6-3-7-19-17(13)16)12-4-2-5-14(8-12)18(20)21/h2-10H,11H2,1H3,(H,20,21). The summed E-state index contributed by atoms with van der Waals surface area (Å²) in [6.45, 7) is 0.115. The number of hydrogen-bond acceptors (Lipinski definition) is 4. The molecule has 0 bridgehead atoms. The SMILES string of the molecule is COCOc1cc(-c2cccc(C(=O)O)c2)cc2cccnc12. The number of carbonyl (C=O) groups is 1. The zero-order chi connectivity index (χ0) is 16.2. The highest BCUT2D eigenvalue weighted by molar-refractivity contribution is 5.92. The van der Waals surface area contributed by atoms with Crippen molar-refractivity contribution in [2.45, 2.75) is 0 Å². The number of aromatic nitrogens is 1. The van der Waals surface area contributed by atoms with E-state index in [1.165, 1.54) is 0 Å². The molecule has 0 unspecified atom stereocenters. The van der Waals surface area contributed by atoms with E-state index >= 15 is 0 Å². The summed E-state index contributed by atoms with van der Waals surface area (Å²) >= 11 is 0. The van der Waals surface area contributed by atoms with Crippen molar-refractivity contribution in [3.63, 3.8) is 0 Å². The number of aromatic carboxylic acids is 1. The van der Waals surface area contributed by atoms with Crippen LogP contribution in [0.1, 0.15) is 10.4 Å². The fourth-order valence-electron chi connectivity index (χ4n) is 2.39. The largest absolute Gasteiger partial charge is 0.478 e. The Morgan fingerprint density at radius 3 is 2.78 bits per heavy atom. The van der Waals surface area contributed by atoms with E-state index in [0.29, 0.717) is 5.75 Å². The van der Waals surface area contributed by atoms with E-state index in [1.54, 1.807) is 31.5 Å². The number of ether oxygens (including phenoxy) is 2. The van der Waals surface area contributed by atoms with Crippen LogP contribution in [0, 0.1) is 0 Å². The minimum Gasteiger partial charge on any atom is -0.478 e. The second-order valence-corrected chi connectivity index (χ2v) is 4.99. The van der Waals surface area contributed by atoms with Crippen molar-refractivity contribution in [3.8, 4) is 16.9 Å². The summed E-state index contributed by atoms with van der Waals surface area (Å²) in [5, 5.41) is 10.1. The number of carboxylic acids is 1. The van der Waals surface area contributed by atoms with Gasteiger partial charge >= 0.3 is 5.97 Å². The van der Waals surface area contributed by atoms with E-state index in [4.69, 9.17) is 14.6 Å². The molecule has 0 amide bonds. The minimum absolute atomic E-state index is 0.115. The Labute approximate surface area is 133 Å². The first-order chi connectivity index (χ1) is 11.2. The van der Waals surface area contributed by atoms with E-state index in [2.05, 4.69) is 4.98 Å². The Bertz CT molecular complexity index is 861. The number of nitrogens with zero attached hydrogens (tertiary/aromatic N) is 1. The van der Waals surface area contributed by atoms with E-state index < -0.39 is 5.97 Å². The number of rotatable bonds is 5. The lowest BCUT2D eigenvalue weighted by atomic mass is 10.0. The first kappa shape index (κ1) is 15.0. The van der Waals surface area contributed by atoms with Crippen molar-refractivity contribution < 1.29 is 19.4 Å². The maximum absolute atomic E-state index is 11.2. The van der Waals surface area contributed by atoms with E-state index in [9.17, 15) is 4.79 Å². The van der Waals surface area contributed by atoms with Gasteiger partial charge in [0.1, 0.15) is 11.3 Å². The molecule has 2 aromatic carbocycles. The third-order valence-corrected chi connectivity index (χ3v) is 3.45. The van der Waals surface area contributed by atoms with Gasteiger partial charge in [-0.3, -0.25) is 4.98 Å². The highest BCUT2D eigenvalue weighted by Crippen LogP contribution is 2.31. The highest BCUT2D eigenvalue weighted by Gasteiger charge is 2.10. The fourth-order valence-corrected chi connectivity index (χ4v) is 2.39. The number of benzene rings is 2. The molecule has 0 atom stereocenters. The van der Waals surface area contributed by atoms with Gasteiger partial charge in [0.15, 0.2) is 6.79 Å². The Kier molecular flexibility index (Phi) is 4.21. The highest BCUT2D eigenvalue weighted by atomic mass is 16.7. The Hall–Kier alpha value is -2.92. The van der Waals surface area contributed by atoms with Gasteiger partial charge in [0, 0.05) is 18.7 Å². The molecule has 1 N–H and O–H groups in total. The second kappa shape index (κ2) is 6.46. The lowest BCUT2D eigenvalue weighted by Crippen LogP contribution is -2.00. The van der Waals surface area contributed by atoms with E-state index in [1.807, 2.05) is 30.3 Å². The number of methoxy groups -OCH3 is 1. The summed E-state index contributed by atoms with van der Waals surface area (Å²) in [7, 11) is 1.55. The van der Waals surface area contributed by atoms with Crippen LogP contribution in [0.4, 0.5) is 0 Å².